The summed E-state index contributed by atoms with van der Waals surface area (Å²) in [5.74, 6) is 0.866. The first-order valence-corrected chi connectivity index (χ1v) is 14.6. The van der Waals surface area contributed by atoms with E-state index in [0.29, 0.717) is 6.26 Å². The van der Waals surface area contributed by atoms with E-state index in [1.54, 1.807) is 0 Å². The topological polar surface area (TPSA) is 82.1 Å². The number of nitrogens with zero attached hydrogens (tertiary/aromatic N) is 2. The van der Waals surface area contributed by atoms with E-state index in [9.17, 15) is 0 Å². The molecule has 1 fully saturated rings. The highest BCUT2D eigenvalue weighted by atomic mass is 32.2. The Kier molecular flexibility index (Phi) is 9.67. The molecule has 36 heavy (non-hydrogen) atoms. The van der Waals surface area contributed by atoms with Gasteiger partial charge in [-0.1, -0.05) is 0 Å². The lowest BCUT2D eigenvalue weighted by Gasteiger charge is -2.15. The second-order valence-corrected chi connectivity index (χ2v) is 12.3. The van der Waals surface area contributed by atoms with Crippen LogP contribution in [0.2, 0.25) is 0 Å². The summed E-state index contributed by atoms with van der Waals surface area (Å²) in [4.78, 5) is 8.14. The van der Waals surface area contributed by atoms with Gasteiger partial charge in [0.15, 0.2) is 21.0 Å². The van der Waals surface area contributed by atoms with Crippen LogP contribution in [0.15, 0.2) is 87.5 Å². The summed E-state index contributed by atoms with van der Waals surface area (Å²) in [6.07, 6.45) is 2.52. The highest BCUT2D eigenvalue weighted by molar-refractivity contribution is 7.97. The molecule has 194 valence electrons. The summed E-state index contributed by atoms with van der Waals surface area (Å²) in [7, 11) is 4.17. The molecule has 0 saturated carbocycles. The van der Waals surface area contributed by atoms with Crippen LogP contribution in [0.1, 0.15) is 12.8 Å². The first-order valence-electron chi connectivity index (χ1n) is 11.6. The van der Waals surface area contributed by atoms with Gasteiger partial charge < -0.3 is 23.8 Å². The van der Waals surface area contributed by atoms with Gasteiger partial charge >= 0.3 is 0 Å². The number of benzene rings is 3. The molecule has 3 aromatic carbocycles. The highest BCUT2D eigenvalue weighted by Gasteiger charge is 2.29. The zero-order chi connectivity index (χ0) is 26.3. The molecule has 0 bridgehead atoms. The van der Waals surface area contributed by atoms with Crippen molar-refractivity contribution < 1.29 is 22.4 Å². The molecule has 1 heterocycles. The lowest BCUT2D eigenvalue weighted by atomic mass is 10.3. The number of ether oxygens (including phenoxy) is 2. The van der Waals surface area contributed by atoms with Gasteiger partial charge in [0.1, 0.15) is 5.75 Å². The lowest BCUT2D eigenvalue weighted by molar-refractivity contribution is -0.0390. The van der Waals surface area contributed by atoms with Crippen molar-refractivity contribution in [1.29, 1.82) is 0 Å². The molecule has 0 aromatic heterocycles. The smallest absolute Gasteiger partial charge is 0.199 e. The molecule has 0 radical (unpaired) electrons. The Labute approximate surface area is 217 Å². The Hall–Kier alpha value is -2.72. The summed E-state index contributed by atoms with van der Waals surface area (Å²) >= 11 is 0. The molecule has 0 spiro atoms. The summed E-state index contributed by atoms with van der Waals surface area (Å²) in [6.45, 7) is 0.790. The molecule has 9 heteroatoms. The van der Waals surface area contributed by atoms with Crippen LogP contribution in [0, 0.1) is 0 Å². The Morgan fingerprint density at radius 2 is 1.19 bits per heavy atom. The highest BCUT2D eigenvalue weighted by Crippen LogP contribution is 2.34. The van der Waals surface area contributed by atoms with Gasteiger partial charge in [-0.05, 0) is 79.2 Å². The minimum atomic E-state index is -3.92. The molecule has 1 aliphatic heterocycles. The zero-order valence-electron chi connectivity index (χ0n) is 21.4. The second kappa shape index (κ2) is 12.5. The normalized spacial score (nSPS) is 15.2. The first kappa shape index (κ1) is 27.9. The van der Waals surface area contributed by atoms with Gasteiger partial charge in [0.05, 0.1) is 27.6 Å². The summed E-state index contributed by atoms with van der Waals surface area (Å²) in [6, 6.07) is 26.3. The van der Waals surface area contributed by atoms with Gasteiger partial charge in [-0.3, -0.25) is 0 Å². The van der Waals surface area contributed by atoms with E-state index in [4.69, 9.17) is 22.4 Å². The van der Waals surface area contributed by atoms with Gasteiger partial charge in [0, 0.05) is 52.2 Å². The number of anilines is 2. The third-order valence-electron chi connectivity index (χ3n) is 5.39. The molecule has 0 aliphatic carbocycles. The SMILES string of the molecule is CN(C)c1ccc([S+](c2ccc(OC3CCCO3)cc2)c2ccc(N(C)C)cc2)cc1.CS(=O)(=O)[O-]. The molecule has 0 N–H and O–H groups in total. The lowest BCUT2D eigenvalue weighted by Crippen LogP contribution is -2.14. The van der Waals surface area contributed by atoms with Crippen LogP contribution in [0.5, 0.6) is 5.75 Å². The Balaban J connectivity index is 0.000000658. The van der Waals surface area contributed by atoms with E-state index in [1.165, 1.54) is 26.1 Å². The van der Waals surface area contributed by atoms with Crippen molar-refractivity contribution in [3.63, 3.8) is 0 Å². The second-order valence-electron chi connectivity index (χ2n) is 8.82. The van der Waals surface area contributed by atoms with Gasteiger partial charge in [-0.15, -0.1) is 0 Å². The standard InChI is InChI=1S/C26H31N2O2S.CH4O3S/c1-27(2)20-7-13-23(14-8-20)31(24-15-9-21(10-16-24)28(3)4)25-17-11-22(12-18-25)30-26-6-5-19-29-26;1-5(2,3)4/h7-18,26H,5-6,19H2,1-4H3;1H3,(H,2,3,4)/q+1;/p-1. The maximum absolute atomic E-state index is 9.08. The van der Waals surface area contributed by atoms with Crippen LogP contribution in [0.25, 0.3) is 0 Å². The van der Waals surface area contributed by atoms with Crippen LogP contribution in [-0.2, 0) is 25.7 Å². The molecule has 7 nitrogen and oxygen atoms in total. The number of hydrogen-bond acceptors (Lipinski definition) is 7. The molecular weight excluding hydrogens is 496 g/mol. The molecule has 0 amide bonds. The van der Waals surface area contributed by atoms with E-state index in [1.807, 2.05) is 0 Å². The summed E-state index contributed by atoms with van der Waals surface area (Å²) < 4.78 is 38.8. The van der Waals surface area contributed by atoms with Gasteiger partial charge in [-0.25, -0.2) is 8.42 Å². The average Bonchev–Trinajstić information content (AvgIpc) is 3.33. The van der Waals surface area contributed by atoms with Crippen molar-refractivity contribution in [3.05, 3.63) is 72.8 Å². The molecule has 4 rings (SSSR count). The maximum atomic E-state index is 9.08. The van der Waals surface area contributed by atoms with Gasteiger partial charge in [-0.2, -0.15) is 0 Å². The minimum absolute atomic E-state index is 0.110. The van der Waals surface area contributed by atoms with Crippen molar-refractivity contribution in [2.24, 2.45) is 0 Å². The molecule has 1 unspecified atom stereocenters. The van der Waals surface area contributed by atoms with Crippen LogP contribution >= 0.6 is 0 Å². The quantitative estimate of drug-likeness (QED) is 0.326. The number of hydrogen-bond donors (Lipinski definition) is 0. The van der Waals surface area contributed by atoms with Crippen LogP contribution in [0.3, 0.4) is 0 Å². The fourth-order valence-corrected chi connectivity index (χ4v) is 5.66. The molecule has 1 saturated heterocycles. The molecular formula is C27H34N2O5S2. The predicted octanol–water partition coefficient (Wildman–Crippen LogP) is 4.59. The Morgan fingerprint density at radius 3 is 1.53 bits per heavy atom. The van der Waals surface area contributed by atoms with E-state index < -0.39 is 10.1 Å². The summed E-state index contributed by atoms with van der Waals surface area (Å²) in [5.41, 5.74) is 2.41. The van der Waals surface area contributed by atoms with Crippen LogP contribution in [-0.4, -0.2) is 60.3 Å². The number of rotatable bonds is 7. The van der Waals surface area contributed by atoms with Crippen molar-refractivity contribution >= 4 is 32.4 Å². The fraction of sp³-hybridized carbons (Fsp3) is 0.333. The Morgan fingerprint density at radius 1 is 0.806 bits per heavy atom. The van der Waals surface area contributed by atoms with Crippen LogP contribution < -0.4 is 14.5 Å². The van der Waals surface area contributed by atoms with E-state index >= 15 is 0 Å². The third kappa shape index (κ3) is 8.44. The van der Waals surface area contributed by atoms with Gasteiger partial charge in [0.25, 0.3) is 0 Å². The molecule has 1 aliphatic rings. The van der Waals surface area contributed by atoms with E-state index in [2.05, 4.69) is 111 Å². The van der Waals surface area contributed by atoms with Crippen molar-refractivity contribution in [1.82, 2.24) is 0 Å². The van der Waals surface area contributed by atoms with Crippen LogP contribution in [0.4, 0.5) is 11.4 Å². The average molecular weight is 531 g/mol. The third-order valence-corrected chi connectivity index (χ3v) is 7.62. The largest absolute Gasteiger partial charge is 0.748 e. The fourth-order valence-electron chi connectivity index (χ4n) is 3.62. The van der Waals surface area contributed by atoms with Crippen molar-refractivity contribution in [2.45, 2.75) is 33.8 Å². The summed E-state index contributed by atoms with van der Waals surface area (Å²) in [5, 5.41) is 0. The van der Waals surface area contributed by atoms with E-state index in [0.717, 1.165) is 25.2 Å². The monoisotopic (exact) mass is 530 g/mol. The minimum Gasteiger partial charge on any atom is -0.748 e. The molecule has 3 aromatic rings. The maximum Gasteiger partial charge on any atom is 0.199 e. The predicted molar refractivity (Wildman–Crippen MR) is 145 cm³/mol. The first-order chi connectivity index (χ1) is 17.0. The van der Waals surface area contributed by atoms with Gasteiger partial charge in [0.2, 0.25) is 0 Å². The zero-order valence-corrected chi connectivity index (χ0v) is 23.0. The molecule has 1 atom stereocenters. The van der Waals surface area contributed by atoms with E-state index in [-0.39, 0.29) is 17.2 Å². The van der Waals surface area contributed by atoms with Crippen molar-refractivity contribution in [3.8, 4) is 5.75 Å². The Bertz CT molecular complexity index is 1130. The van der Waals surface area contributed by atoms with Crippen molar-refractivity contribution in [2.75, 3.05) is 50.9 Å².